The Balaban J connectivity index is 1.68. The predicted octanol–water partition coefficient (Wildman–Crippen LogP) is 2.18. The van der Waals surface area contributed by atoms with Crippen molar-refractivity contribution in [2.75, 3.05) is 37.8 Å². The topological polar surface area (TPSA) is 76.6 Å². The van der Waals surface area contributed by atoms with E-state index in [1.165, 1.54) is 18.3 Å². The Morgan fingerprint density at radius 1 is 1.18 bits per heavy atom. The number of pyridine rings is 2. The number of aromatic nitrogens is 2. The number of carbonyl (C=O) groups is 1. The summed E-state index contributed by atoms with van der Waals surface area (Å²) in [5.41, 5.74) is 0.725. The molecule has 2 aromatic heterocycles. The van der Waals surface area contributed by atoms with Crippen LogP contribution in [0.25, 0.3) is 0 Å². The third-order valence-electron chi connectivity index (χ3n) is 4.01. The fraction of sp³-hybridized carbons (Fsp3) is 0.389. The number of amides is 1. The first-order valence-corrected chi connectivity index (χ1v) is 8.63. The molecule has 0 unspecified atom stereocenters. The van der Waals surface area contributed by atoms with Gasteiger partial charge in [0.05, 0.1) is 13.2 Å². The highest BCUT2D eigenvalue weighted by atomic mass is 19.4. The second kappa shape index (κ2) is 8.87. The zero-order valence-corrected chi connectivity index (χ0v) is 14.9. The number of hydrogen-bond donors (Lipinski definition) is 1. The minimum atomic E-state index is -4.52. The number of alkyl halides is 3. The van der Waals surface area contributed by atoms with Crippen LogP contribution in [-0.4, -0.2) is 55.0 Å². The lowest BCUT2D eigenvalue weighted by Crippen LogP contribution is -2.37. The highest BCUT2D eigenvalue weighted by Gasteiger charge is 2.29. The van der Waals surface area contributed by atoms with Crippen LogP contribution in [0.15, 0.2) is 36.7 Å². The van der Waals surface area contributed by atoms with Gasteiger partial charge in [-0.25, -0.2) is 9.97 Å². The fourth-order valence-corrected chi connectivity index (χ4v) is 2.73. The van der Waals surface area contributed by atoms with Gasteiger partial charge in [-0.2, -0.15) is 13.2 Å². The zero-order chi connectivity index (χ0) is 20.0. The van der Waals surface area contributed by atoms with Crippen LogP contribution >= 0.6 is 0 Å². The molecule has 0 radical (unpaired) electrons. The molecule has 1 N–H and O–H groups in total. The Hall–Kier alpha value is -2.88. The van der Waals surface area contributed by atoms with Crippen LogP contribution in [0.5, 0.6) is 5.88 Å². The predicted molar refractivity (Wildman–Crippen MR) is 94.2 cm³/mol. The second-order valence-corrected chi connectivity index (χ2v) is 6.03. The molecule has 1 fully saturated rings. The minimum Gasteiger partial charge on any atom is -0.467 e. The molecule has 28 heavy (non-hydrogen) atoms. The highest BCUT2D eigenvalue weighted by molar-refractivity contribution is 5.96. The van der Waals surface area contributed by atoms with Crippen LogP contribution in [-0.2, 0) is 11.3 Å². The van der Waals surface area contributed by atoms with Gasteiger partial charge in [0.2, 0.25) is 5.88 Å². The fourth-order valence-electron chi connectivity index (χ4n) is 2.73. The third kappa shape index (κ3) is 5.32. The molecule has 1 amide bonds. The van der Waals surface area contributed by atoms with E-state index in [9.17, 15) is 18.0 Å². The van der Waals surface area contributed by atoms with Crippen molar-refractivity contribution in [1.29, 1.82) is 0 Å². The van der Waals surface area contributed by atoms with Gasteiger partial charge < -0.3 is 19.7 Å². The number of halogens is 3. The van der Waals surface area contributed by atoms with E-state index in [1.807, 2.05) is 6.07 Å². The molecule has 10 heteroatoms. The summed E-state index contributed by atoms with van der Waals surface area (Å²) in [7, 11) is 0. The zero-order valence-electron chi connectivity index (χ0n) is 14.9. The van der Waals surface area contributed by atoms with Crippen LogP contribution in [0.4, 0.5) is 19.0 Å². The van der Waals surface area contributed by atoms with Gasteiger partial charge in [0.1, 0.15) is 11.4 Å². The van der Waals surface area contributed by atoms with Gasteiger partial charge in [-0.15, -0.1) is 0 Å². The summed E-state index contributed by atoms with van der Waals surface area (Å²) in [4.78, 5) is 22.7. The van der Waals surface area contributed by atoms with Crippen LogP contribution < -0.4 is 15.0 Å². The van der Waals surface area contributed by atoms with Crippen LogP contribution in [0.3, 0.4) is 0 Å². The van der Waals surface area contributed by atoms with E-state index in [0.717, 1.165) is 11.4 Å². The summed E-state index contributed by atoms with van der Waals surface area (Å²) in [5, 5.41) is 2.69. The normalized spacial score (nSPS) is 14.6. The molecule has 7 nitrogen and oxygen atoms in total. The number of carbonyl (C=O) groups excluding carboxylic acids is 1. The van der Waals surface area contributed by atoms with Crippen LogP contribution in [0.1, 0.15) is 15.9 Å². The molecular formula is C18H19F3N4O3. The van der Waals surface area contributed by atoms with Crippen molar-refractivity contribution in [3.8, 4) is 5.88 Å². The number of nitrogens with one attached hydrogen (secondary N) is 1. The van der Waals surface area contributed by atoms with Crippen molar-refractivity contribution < 1.29 is 27.4 Å². The van der Waals surface area contributed by atoms with Gasteiger partial charge in [0.15, 0.2) is 6.61 Å². The SMILES string of the molecule is O=C(NCc1cccnc1N1CCOCC1)c1cccnc1OCC(F)(F)F. The minimum absolute atomic E-state index is 0.0661. The van der Waals surface area contributed by atoms with Gasteiger partial charge in [0, 0.05) is 37.6 Å². The Morgan fingerprint density at radius 2 is 1.89 bits per heavy atom. The summed E-state index contributed by atoms with van der Waals surface area (Å²) >= 11 is 0. The van der Waals surface area contributed by atoms with Crippen molar-refractivity contribution in [3.63, 3.8) is 0 Å². The molecule has 1 saturated heterocycles. The smallest absolute Gasteiger partial charge is 0.422 e. The van der Waals surface area contributed by atoms with Crippen molar-refractivity contribution in [2.24, 2.45) is 0 Å². The van der Waals surface area contributed by atoms with E-state index in [2.05, 4.69) is 24.9 Å². The summed E-state index contributed by atoms with van der Waals surface area (Å²) in [6.07, 6.45) is -1.59. The quantitative estimate of drug-likeness (QED) is 0.807. The van der Waals surface area contributed by atoms with Crippen molar-refractivity contribution in [2.45, 2.75) is 12.7 Å². The Labute approximate surface area is 159 Å². The molecule has 0 aromatic carbocycles. The number of morpholine rings is 1. The van der Waals surface area contributed by atoms with E-state index in [1.54, 1.807) is 12.3 Å². The number of rotatable bonds is 6. The first-order chi connectivity index (χ1) is 13.4. The highest BCUT2D eigenvalue weighted by Crippen LogP contribution is 2.21. The van der Waals surface area contributed by atoms with Gasteiger partial charge in [0.25, 0.3) is 5.91 Å². The molecular weight excluding hydrogens is 377 g/mol. The molecule has 0 spiro atoms. The van der Waals surface area contributed by atoms with Crippen molar-refractivity contribution >= 4 is 11.7 Å². The Morgan fingerprint density at radius 3 is 2.64 bits per heavy atom. The average molecular weight is 396 g/mol. The first-order valence-electron chi connectivity index (χ1n) is 8.63. The molecule has 3 rings (SSSR count). The van der Waals surface area contributed by atoms with E-state index in [-0.39, 0.29) is 18.0 Å². The van der Waals surface area contributed by atoms with E-state index in [0.29, 0.717) is 26.3 Å². The lowest BCUT2D eigenvalue weighted by atomic mass is 10.2. The first kappa shape index (κ1) is 19.9. The standard InChI is InChI=1S/C18H19F3N4O3/c19-18(20,21)12-28-17-14(4-2-6-23-17)16(26)24-11-13-3-1-5-22-15(13)25-7-9-27-10-8-25/h1-6H,7-12H2,(H,24,26). The molecule has 1 aliphatic heterocycles. The van der Waals surface area contributed by atoms with Crippen LogP contribution in [0.2, 0.25) is 0 Å². The largest absolute Gasteiger partial charge is 0.467 e. The van der Waals surface area contributed by atoms with Crippen molar-refractivity contribution in [1.82, 2.24) is 15.3 Å². The van der Waals surface area contributed by atoms with E-state index >= 15 is 0 Å². The molecule has 2 aromatic rings. The van der Waals surface area contributed by atoms with Gasteiger partial charge in [-0.3, -0.25) is 4.79 Å². The number of ether oxygens (including phenoxy) is 2. The molecule has 0 atom stereocenters. The Kier molecular flexibility index (Phi) is 6.30. The van der Waals surface area contributed by atoms with E-state index in [4.69, 9.17) is 4.74 Å². The van der Waals surface area contributed by atoms with Gasteiger partial charge >= 0.3 is 6.18 Å². The number of nitrogens with zero attached hydrogens (tertiary/aromatic N) is 3. The molecule has 150 valence electrons. The lowest BCUT2D eigenvalue weighted by Gasteiger charge is -2.29. The summed E-state index contributed by atoms with van der Waals surface area (Å²) in [6, 6.07) is 6.41. The summed E-state index contributed by atoms with van der Waals surface area (Å²) in [5.74, 6) is -0.204. The van der Waals surface area contributed by atoms with E-state index < -0.39 is 18.7 Å². The molecule has 3 heterocycles. The number of anilines is 1. The summed E-state index contributed by atoms with van der Waals surface area (Å²) < 4.78 is 47.2. The third-order valence-corrected chi connectivity index (χ3v) is 4.01. The average Bonchev–Trinajstić information content (AvgIpc) is 2.71. The lowest BCUT2D eigenvalue weighted by molar-refractivity contribution is -0.154. The second-order valence-electron chi connectivity index (χ2n) is 6.03. The molecule has 0 saturated carbocycles. The van der Waals surface area contributed by atoms with Gasteiger partial charge in [-0.1, -0.05) is 6.07 Å². The van der Waals surface area contributed by atoms with Crippen molar-refractivity contribution in [3.05, 3.63) is 47.8 Å². The maximum absolute atomic E-state index is 12.5. The maximum Gasteiger partial charge on any atom is 0.422 e. The summed E-state index contributed by atoms with van der Waals surface area (Å²) in [6.45, 7) is 1.21. The molecule has 0 aliphatic carbocycles. The van der Waals surface area contributed by atoms with Crippen LogP contribution in [0, 0.1) is 0 Å². The molecule has 0 bridgehead atoms. The maximum atomic E-state index is 12.5. The van der Waals surface area contributed by atoms with Gasteiger partial charge in [-0.05, 0) is 18.2 Å². The monoisotopic (exact) mass is 396 g/mol. The molecule has 1 aliphatic rings. The number of hydrogen-bond acceptors (Lipinski definition) is 6. The Bertz CT molecular complexity index is 811.